The second-order valence-electron chi connectivity index (χ2n) is 3.60. The second-order valence-corrected chi connectivity index (χ2v) is 5.33. The molecule has 0 saturated heterocycles. The van der Waals surface area contributed by atoms with Gasteiger partial charge in [0.15, 0.2) is 5.75 Å². The van der Waals surface area contributed by atoms with Crippen LogP contribution in [0.2, 0.25) is 10.0 Å². The Morgan fingerprint density at radius 1 is 1.16 bits per heavy atom. The van der Waals surface area contributed by atoms with Gasteiger partial charge in [0, 0.05) is 4.47 Å². The molecule has 0 bridgehead atoms. The van der Waals surface area contributed by atoms with E-state index in [1.54, 1.807) is 30.3 Å². The summed E-state index contributed by atoms with van der Waals surface area (Å²) in [5, 5.41) is 9.68. The third kappa shape index (κ3) is 3.21. The predicted molar refractivity (Wildman–Crippen MR) is 77.6 cm³/mol. The summed E-state index contributed by atoms with van der Waals surface area (Å²) in [6.45, 7) is 0. The lowest BCUT2D eigenvalue weighted by molar-refractivity contribution is 0.0694. The summed E-state index contributed by atoms with van der Waals surface area (Å²) >= 11 is 15.3. The topological polar surface area (TPSA) is 46.5 Å². The van der Waals surface area contributed by atoms with Crippen molar-refractivity contribution in [3.63, 3.8) is 0 Å². The number of rotatable bonds is 3. The van der Waals surface area contributed by atoms with Crippen LogP contribution in [0, 0.1) is 0 Å². The summed E-state index contributed by atoms with van der Waals surface area (Å²) in [5.41, 5.74) is -0.0245. The van der Waals surface area contributed by atoms with Crippen molar-refractivity contribution >= 4 is 45.1 Å². The predicted octanol–water partition coefficient (Wildman–Crippen LogP) is 5.25. The highest BCUT2D eigenvalue weighted by Crippen LogP contribution is 2.37. The molecule has 0 unspecified atom stereocenters. The maximum atomic E-state index is 11.1. The Bertz CT molecular complexity index is 644. The van der Waals surface area contributed by atoms with Crippen molar-refractivity contribution < 1.29 is 14.6 Å². The molecule has 0 aliphatic carbocycles. The molecule has 2 aromatic rings. The van der Waals surface area contributed by atoms with E-state index in [0.29, 0.717) is 10.8 Å². The Morgan fingerprint density at radius 2 is 1.89 bits per heavy atom. The molecule has 0 atom stereocenters. The van der Waals surface area contributed by atoms with Crippen molar-refractivity contribution in [2.24, 2.45) is 0 Å². The minimum absolute atomic E-state index is 0.0245. The van der Waals surface area contributed by atoms with E-state index in [2.05, 4.69) is 15.9 Å². The number of carboxylic acid groups (broad SMARTS) is 1. The number of aromatic carboxylic acids is 1. The number of hydrogen-bond donors (Lipinski definition) is 1. The van der Waals surface area contributed by atoms with Gasteiger partial charge < -0.3 is 9.84 Å². The Balaban J connectivity index is 2.49. The lowest BCUT2D eigenvalue weighted by Gasteiger charge is -2.11. The molecule has 3 nitrogen and oxygen atoms in total. The molecule has 0 radical (unpaired) electrons. The zero-order valence-electron chi connectivity index (χ0n) is 9.36. The third-order valence-electron chi connectivity index (χ3n) is 2.30. The summed E-state index contributed by atoms with van der Waals surface area (Å²) in [7, 11) is 0. The molecule has 2 rings (SSSR count). The molecule has 0 spiro atoms. The van der Waals surface area contributed by atoms with Gasteiger partial charge in [0.1, 0.15) is 11.3 Å². The van der Waals surface area contributed by atoms with Gasteiger partial charge in [0.2, 0.25) is 0 Å². The molecular weight excluding hydrogens is 355 g/mol. The first-order chi connectivity index (χ1) is 8.99. The fraction of sp³-hybridized carbons (Fsp3) is 0. The van der Waals surface area contributed by atoms with Crippen LogP contribution >= 0.6 is 39.1 Å². The number of carbonyl (C=O) groups is 1. The van der Waals surface area contributed by atoms with E-state index in [0.717, 1.165) is 4.47 Å². The van der Waals surface area contributed by atoms with Crippen LogP contribution < -0.4 is 4.74 Å². The summed E-state index contributed by atoms with van der Waals surface area (Å²) in [4.78, 5) is 11.1. The average Bonchev–Trinajstić information content (AvgIpc) is 2.35. The average molecular weight is 362 g/mol. The third-order valence-corrected chi connectivity index (χ3v) is 3.41. The minimum Gasteiger partial charge on any atom is -0.478 e. The molecule has 0 heterocycles. The summed E-state index contributed by atoms with van der Waals surface area (Å²) < 4.78 is 6.30. The van der Waals surface area contributed by atoms with Crippen LogP contribution in [0.15, 0.2) is 40.9 Å². The molecular formula is C13H7BrCl2O3. The fourth-order valence-electron chi connectivity index (χ4n) is 1.45. The van der Waals surface area contributed by atoms with Crippen LogP contribution in [0.3, 0.4) is 0 Å². The van der Waals surface area contributed by atoms with Crippen molar-refractivity contribution in [3.05, 3.63) is 56.5 Å². The van der Waals surface area contributed by atoms with Gasteiger partial charge in [-0.05, 0) is 30.3 Å². The van der Waals surface area contributed by atoms with Crippen molar-refractivity contribution in [2.75, 3.05) is 0 Å². The van der Waals surface area contributed by atoms with E-state index in [-0.39, 0.29) is 16.3 Å². The van der Waals surface area contributed by atoms with E-state index in [1.807, 2.05) is 0 Å². The zero-order chi connectivity index (χ0) is 14.0. The fourth-order valence-corrected chi connectivity index (χ4v) is 2.16. The molecule has 0 amide bonds. The zero-order valence-corrected chi connectivity index (χ0v) is 12.5. The highest BCUT2D eigenvalue weighted by Gasteiger charge is 2.16. The summed E-state index contributed by atoms with van der Waals surface area (Å²) in [6, 6.07) is 9.53. The Morgan fingerprint density at radius 3 is 2.58 bits per heavy atom. The van der Waals surface area contributed by atoms with Gasteiger partial charge in [-0.3, -0.25) is 0 Å². The number of halogens is 3. The van der Waals surface area contributed by atoms with Crippen LogP contribution in [0.4, 0.5) is 0 Å². The lowest BCUT2D eigenvalue weighted by Crippen LogP contribution is -2.00. The van der Waals surface area contributed by atoms with E-state index < -0.39 is 5.97 Å². The molecule has 0 aromatic heterocycles. The van der Waals surface area contributed by atoms with Gasteiger partial charge in [0.05, 0.1) is 10.0 Å². The van der Waals surface area contributed by atoms with E-state index in [4.69, 9.17) is 33.0 Å². The van der Waals surface area contributed by atoms with Crippen molar-refractivity contribution in [3.8, 4) is 11.5 Å². The first kappa shape index (κ1) is 14.2. The van der Waals surface area contributed by atoms with Gasteiger partial charge >= 0.3 is 5.97 Å². The minimum atomic E-state index is -1.12. The number of para-hydroxylation sites is 1. The van der Waals surface area contributed by atoms with E-state index in [1.165, 1.54) is 6.07 Å². The van der Waals surface area contributed by atoms with Gasteiger partial charge in [-0.1, -0.05) is 45.2 Å². The maximum absolute atomic E-state index is 11.1. The van der Waals surface area contributed by atoms with Crippen molar-refractivity contribution in [1.82, 2.24) is 0 Å². The first-order valence-corrected chi connectivity index (χ1v) is 6.68. The monoisotopic (exact) mass is 360 g/mol. The van der Waals surface area contributed by atoms with Gasteiger partial charge in [-0.25, -0.2) is 4.79 Å². The van der Waals surface area contributed by atoms with E-state index in [9.17, 15) is 4.79 Å². The molecule has 2 aromatic carbocycles. The Kier molecular flexibility index (Phi) is 4.34. The normalized spacial score (nSPS) is 10.3. The molecule has 6 heteroatoms. The molecule has 1 N–H and O–H groups in total. The highest BCUT2D eigenvalue weighted by molar-refractivity contribution is 9.10. The van der Waals surface area contributed by atoms with Crippen molar-refractivity contribution in [1.29, 1.82) is 0 Å². The molecule has 19 heavy (non-hydrogen) atoms. The van der Waals surface area contributed by atoms with Gasteiger partial charge in [-0.15, -0.1) is 0 Å². The molecule has 0 aliphatic rings. The smallest absolute Gasteiger partial charge is 0.339 e. The van der Waals surface area contributed by atoms with Crippen LogP contribution in [0.25, 0.3) is 0 Å². The Labute approximate surface area is 127 Å². The van der Waals surface area contributed by atoms with Crippen LogP contribution in [-0.4, -0.2) is 11.1 Å². The molecule has 0 aliphatic heterocycles. The maximum Gasteiger partial charge on any atom is 0.339 e. The standard InChI is InChI=1S/C13H7BrCl2O3/c14-7-4-5-9(15)11(6-7)19-12-8(13(17)18)2-1-3-10(12)16/h1-6H,(H,17,18). The second kappa shape index (κ2) is 5.82. The van der Waals surface area contributed by atoms with Gasteiger partial charge in [0.25, 0.3) is 0 Å². The number of carboxylic acids is 1. The largest absolute Gasteiger partial charge is 0.478 e. The van der Waals surface area contributed by atoms with Gasteiger partial charge in [-0.2, -0.15) is 0 Å². The number of ether oxygens (including phenoxy) is 1. The van der Waals surface area contributed by atoms with Crippen molar-refractivity contribution in [2.45, 2.75) is 0 Å². The summed E-state index contributed by atoms with van der Waals surface area (Å²) in [5.74, 6) is -0.730. The number of benzene rings is 2. The first-order valence-electron chi connectivity index (χ1n) is 5.13. The Hall–Kier alpha value is -1.23. The molecule has 0 fully saturated rings. The molecule has 98 valence electrons. The SMILES string of the molecule is O=C(O)c1cccc(Cl)c1Oc1cc(Br)ccc1Cl. The summed E-state index contributed by atoms with van der Waals surface area (Å²) in [6.07, 6.45) is 0. The van der Waals surface area contributed by atoms with Crippen LogP contribution in [0.5, 0.6) is 11.5 Å². The van der Waals surface area contributed by atoms with Crippen LogP contribution in [0.1, 0.15) is 10.4 Å². The van der Waals surface area contributed by atoms with Crippen LogP contribution in [-0.2, 0) is 0 Å². The highest BCUT2D eigenvalue weighted by atomic mass is 79.9. The van der Waals surface area contributed by atoms with E-state index >= 15 is 0 Å². The number of hydrogen-bond acceptors (Lipinski definition) is 2. The quantitative estimate of drug-likeness (QED) is 0.812. The molecule has 0 saturated carbocycles. The lowest BCUT2D eigenvalue weighted by atomic mass is 10.2.